The summed E-state index contributed by atoms with van der Waals surface area (Å²) < 4.78 is 6.86. The van der Waals surface area contributed by atoms with Crippen molar-refractivity contribution in [1.82, 2.24) is 0 Å². The molecule has 1 nitrogen and oxygen atoms in total. The molecule has 0 spiro atoms. The lowest BCUT2D eigenvalue weighted by atomic mass is 9.72. The Morgan fingerprint density at radius 3 is 1.68 bits per heavy atom. The predicted molar refractivity (Wildman–Crippen MR) is 184 cm³/mol. The molecule has 0 amide bonds. The molecule has 0 radical (unpaired) electrons. The Morgan fingerprint density at radius 1 is 0.659 bits per heavy atom. The van der Waals surface area contributed by atoms with Crippen LogP contribution in [0.1, 0.15) is 199 Å². The third-order valence-corrected chi connectivity index (χ3v) is 10.8. The second-order valence-electron chi connectivity index (χ2n) is 14.2. The van der Waals surface area contributed by atoms with Gasteiger partial charge < -0.3 is 4.74 Å². The lowest BCUT2D eigenvalue weighted by Crippen LogP contribution is -2.25. The van der Waals surface area contributed by atoms with Gasteiger partial charge in [-0.1, -0.05) is 169 Å². The second kappa shape index (κ2) is 21.1. The first kappa shape index (κ1) is 36.5. The van der Waals surface area contributed by atoms with Crippen LogP contribution >= 0.6 is 11.6 Å². The zero-order chi connectivity index (χ0) is 29.8. The maximum absolute atomic E-state index is 6.86. The second-order valence-corrected chi connectivity index (χ2v) is 14.5. The van der Waals surface area contributed by atoms with Gasteiger partial charge >= 0.3 is 0 Å². The Bertz CT molecular complexity index is 803. The fourth-order valence-electron chi connectivity index (χ4n) is 7.00. The normalized spacial score (nSPS) is 25.0. The van der Waals surface area contributed by atoms with Crippen LogP contribution in [-0.4, -0.2) is 6.61 Å². The molecule has 1 aromatic rings. The quantitative estimate of drug-likeness (QED) is 0.206. The summed E-state index contributed by atoms with van der Waals surface area (Å²) in [6, 6.07) is 4.83. The minimum absolute atomic E-state index is 0.132. The number of ether oxygens (including phenoxy) is 1. The summed E-state index contributed by atoms with van der Waals surface area (Å²) in [4.78, 5) is 0. The van der Waals surface area contributed by atoms with Crippen molar-refractivity contribution in [3.8, 4) is 5.75 Å². The van der Waals surface area contributed by atoms with Gasteiger partial charge in [0.2, 0.25) is 0 Å². The van der Waals surface area contributed by atoms with Crippen LogP contribution in [0.5, 0.6) is 5.75 Å². The molecular formula is C39H69ClO. The SMILES string of the molecule is CCCCCCOc1c2cc(CCl)cc1C(C)(CC)CCCCCCCCCCCCCCCCCC(C)(CC)C2. The average molecular weight is 589 g/mol. The molecule has 41 heavy (non-hydrogen) atoms. The van der Waals surface area contributed by atoms with Crippen LogP contribution in [0.2, 0.25) is 0 Å². The van der Waals surface area contributed by atoms with Gasteiger partial charge in [-0.15, -0.1) is 11.6 Å². The van der Waals surface area contributed by atoms with Gasteiger partial charge in [0.1, 0.15) is 5.75 Å². The number of alkyl halides is 1. The molecule has 0 aliphatic heterocycles. The summed E-state index contributed by atoms with van der Waals surface area (Å²) in [5, 5.41) is 0. The largest absolute Gasteiger partial charge is 0.493 e. The summed E-state index contributed by atoms with van der Waals surface area (Å²) >= 11 is 6.58. The molecule has 0 aromatic heterocycles. The average Bonchev–Trinajstić information content (AvgIpc) is 2.98. The summed E-state index contributed by atoms with van der Waals surface area (Å²) in [6.07, 6.45) is 32.2. The highest BCUT2D eigenvalue weighted by Crippen LogP contribution is 2.44. The van der Waals surface area contributed by atoms with Gasteiger partial charge in [-0.25, -0.2) is 0 Å². The molecule has 0 fully saturated rings. The summed E-state index contributed by atoms with van der Waals surface area (Å²) in [5.41, 5.74) is 4.59. The van der Waals surface area contributed by atoms with Crippen LogP contribution in [0.4, 0.5) is 0 Å². The molecule has 1 aliphatic rings. The van der Waals surface area contributed by atoms with Crippen LogP contribution < -0.4 is 4.74 Å². The van der Waals surface area contributed by atoms with Crippen molar-refractivity contribution in [2.45, 2.75) is 200 Å². The number of benzene rings is 1. The van der Waals surface area contributed by atoms with Crippen molar-refractivity contribution in [3.05, 3.63) is 28.8 Å². The lowest BCUT2D eigenvalue weighted by molar-refractivity contribution is 0.254. The van der Waals surface area contributed by atoms with E-state index >= 15 is 0 Å². The van der Waals surface area contributed by atoms with Crippen molar-refractivity contribution in [3.63, 3.8) is 0 Å². The van der Waals surface area contributed by atoms with Crippen molar-refractivity contribution in [2.24, 2.45) is 5.41 Å². The molecule has 238 valence electrons. The topological polar surface area (TPSA) is 9.23 Å². The number of hydrogen-bond donors (Lipinski definition) is 0. The van der Waals surface area contributed by atoms with Crippen LogP contribution in [0, 0.1) is 5.41 Å². The maximum atomic E-state index is 6.86. The molecular weight excluding hydrogens is 520 g/mol. The maximum Gasteiger partial charge on any atom is 0.126 e. The van der Waals surface area contributed by atoms with E-state index in [2.05, 4.69) is 46.8 Å². The number of unbranched alkanes of at least 4 members (excludes halogenated alkanes) is 3. The zero-order valence-electron chi connectivity index (χ0n) is 28.3. The van der Waals surface area contributed by atoms with Crippen molar-refractivity contribution < 1.29 is 4.74 Å². The minimum Gasteiger partial charge on any atom is -0.493 e. The Balaban J connectivity index is 2.35. The summed E-state index contributed by atoms with van der Waals surface area (Å²) in [6.45, 7) is 13.0. The van der Waals surface area contributed by atoms with Crippen LogP contribution in [0.15, 0.2) is 12.1 Å². The fraction of sp³-hybridized carbons (Fsp3) is 0.846. The third-order valence-electron chi connectivity index (χ3n) is 10.5. The van der Waals surface area contributed by atoms with E-state index in [1.165, 1.54) is 157 Å². The first-order chi connectivity index (χ1) is 19.9. The van der Waals surface area contributed by atoms with Crippen LogP contribution in [0.25, 0.3) is 0 Å². The summed E-state index contributed by atoms with van der Waals surface area (Å²) in [5.74, 6) is 1.80. The Morgan fingerprint density at radius 2 is 1.20 bits per heavy atom. The number of halogens is 1. The van der Waals surface area contributed by atoms with Gasteiger partial charge in [-0.2, -0.15) is 0 Å². The smallest absolute Gasteiger partial charge is 0.126 e. The molecule has 2 atom stereocenters. The first-order valence-corrected chi connectivity index (χ1v) is 18.8. The van der Waals surface area contributed by atoms with Gasteiger partial charge in [0.05, 0.1) is 6.61 Å². The van der Waals surface area contributed by atoms with E-state index in [-0.39, 0.29) is 5.41 Å². The summed E-state index contributed by atoms with van der Waals surface area (Å²) in [7, 11) is 0. The molecule has 1 aliphatic carbocycles. The predicted octanol–water partition coefficient (Wildman–Crippen LogP) is 13.7. The Labute approximate surface area is 262 Å². The highest BCUT2D eigenvalue weighted by molar-refractivity contribution is 6.17. The van der Waals surface area contributed by atoms with Crippen molar-refractivity contribution in [2.75, 3.05) is 6.61 Å². The van der Waals surface area contributed by atoms with E-state index < -0.39 is 0 Å². The molecule has 2 rings (SSSR count). The van der Waals surface area contributed by atoms with E-state index in [1.54, 1.807) is 0 Å². The minimum atomic E-state index is 0.132. The standard InChI is InChI=1S/C39H69ClO/c1-6-9-10-26-29-41-37-35-30-34(33-40)31-36(37)39(5,8-3)28-25-23-21-19-17-15-13-11-12-14-16-18-20-22-24-27-38(4,7-2)32-35/h30-31H,6-29,32-33H2,1-5H3. The van der Waals surface area contributed by atoms with E-state index in [9.17, 15) is 0 Å². The van der Waals surface area contributed by atoms with Crippen molar-refractivity contribution in [1.29, 1.82) is 0 Å². The van der Waals surface area contributed by atoms with Gasteiger partial charge in [0.15, 0.2) is 0 Å². The highest BCUT2D eigenvalue weighted by atomic mass is 35.5. The molecule has 2 unspecified atom stereocenters. The van der Waals surface area contributed by atoms with Crippen LogP contribution in [-0.2, 0) is 17.7 Å². The van der Waals surface area contributed by atoms with Gasteiger partial charge in [0, 0.05) is 11.4 Å². The third kappa shape index (κ3) is 13.7. The molecule has 1 aromatic carbocycles. The molecule has 2 heteroatoms. The molecule has 0 heterocycles. The first-order valence-electron chi connectivity index (χ1n) is 18.3. The molecule has 0 saturated carbocycles. The number of fused-ring (bicyclic) bond motifs is 2. The van der Waals surface area contributed by atoms with Crippen molar-refractivity contribution >= 4 is 11.6 Å². The molecule has 0 N–H and O–H groups in total. The van der Waals surface area contributed by atoms with Gasteiger partial charge in [-0.3, -0.25) is 0 Å². The van der Waals surface area contributed by atoms with E-state index in [0.717, 1.165) is 25.9 Å². The van der Waals surface area contributed by atoms with Gasteiger partial charge in [0.25, 0.3) is 0 Å². The van der Waals surface area contributed by atoms with E-state index in [4.69, 9.17) is 16.3 Å². The highest BCUT2D eigenvalue weighted by Gasteiger charge is 2.32. The fourth-order valence-corrected chi connectivity index (χ4v) is 7.16. The molecule has 2 bridgehead atoms. The van der Waals surface area contributed by atoms with E-state index in [0.29, 0.717) is 11.3 Å². The van der Waals surface area contributed by atoms with Gasteiger partial charge in [-0.05, 0) is 54.1 Å². The molecule has 0 saturated heterocycles. The monoisotopic (exact) mass is 589 g/mol. The lowest BCUT2D eigenvalue weighted by Gasteiger charge is -2.35. The number of rotatable bonds is 9. The van der Waals surface area contributed by atoms with Crippen LogP contribution in [0.3, 0.4) is 0 Å². The Hall–Kier alpha value is -0.690. The van der Waals surface area contributed by atoms with E-state index in [1.807, 2.05) is 0 Å². The zero-order valence-corrected chi connectivity index (χ0v) is 29.1. The number of hydrogen-bond acceptors (Lipinski definition) is 1. The Kier molecular flexibility index (Phi) is 18.8.